The smallest absolute Gasteiger partial charge is 0.153 e. The number of nitrogens with zero attached hydrogens (tertiary/aromatic N) is 4. The summed E-state index contributed by atoms with van der Waals surface area (Å²) in [5.41, 5.74) is 3.20. The predicted molar refractivity (Wildman–Crippen MR) is 72.0 cm³/mol. The van der Waals surface area contributed by atoms with E-state index in [2.05, 4.69) is 25.6 Å². The number of hydrogen-bond donors (Lipinski definition) is 2. The Morgan fingerprint density at radius 2 is 2.26 bits per heavy atom. The lowest BCUT2D eigenvalue weighted by molar-refractivity contribution is 0.847. The van der Waals surface area contributed by atoms with Gasteiger partial charge in [0.05, 0.1) is 18.1 Å². The highest BCUT2D eigenvalue weighted by Gasteiger charge is 2.01. The van der Waals surface area contributed by atoms with Gasteiger partial charge in [-0.2, -0.15) is 10.2 Å². The first-order valence-corrected chi connectivity index (χ1v) is 6.02. The Bertz CT molecular complexity index is 638. The van der Waals surface area contributed by atoms with Crippen LogP contribution >= 0.6 is 0 Å². The summed E-state index contributed by atoms with van der Waals surface area (Å²) in [4.78, 5) is 4.36. The van der Waals surface area contributed by atoms with E-state index in [1.807, 2.05) is 37.5 Å². The van der Waals surface area contributed by atoms with E-state index in [4.69, 9.17) is 0 Å². The number of aromatic nitrogens is 5. The molecule has 0 radical (unpaired) electrons. The monoisotopic (exact) mass is 254 g/mol. The largest absolute Gasteiger partial charge is 0.380 e. The molecule has 6 nitrogen and oxygen atoms in total. The van der Waals surface area contributed by atoms with Gasteiger partial charge in [0.15, 0.2) is 5.82 Å². The van der Waals surface area contributed by atoms with Crippen LogP contribution in [0, 0.1) is 6.92 Å². The van der Waals surface area contributed by atoms with E-state index in [1.54, 1.807) is 17.1 Å². The first kappa shape index (κ1) is 11.5. The summed E-state index contributed by atoms with van der Waals surface area (Å²) in [5.74, 6) is 0.801. The van der Waals surface area contributed by atoms with Gasteiger partial charge >= 0.3 is 0 Å². The second-order valence-electron chi connectivity index (χ2n) is 4.23. The van der Waals surface area contributed by atoms with E-state index in [-0.39, 0.29) is 0 Å². The third kappa shape index (κ3) is 2.47. The average Bonchev–Trinajstić information content (AvgIpc) is 3.09. The number of nitrogens with one attached hydrogen (secondary N) is 2. The van der Waals surface area contributed by atoms with Crippen molar-refractivity contribution in [1.29, 1.82) is 0 Å². The maximum absolute atomic E-state index is 4.36. The number of aromatic amines is 1. The first-order valence-electron chi connectivity index (χ1n) is 6.02. The standard InChI is InChI=1S/C13H14N6/c1-10-11(8-16-18-10)7-14-12-3-4-13(15-9-12)19-6-2-5-17-19/h2-6,8-9,14H,7H2,1H3,(H,16,18). The minimum Gasteiger partial charge on any atom is -0.380 e. The Labute approximate surface area is 110 Å². The third-order valence-electron chi connectivity index (χ3n) is 2.90. The molecule has 0 atom stereocenters. The first-order chi connectivity index (χ1) is 9.33. The SMILES string of the molecule is Cc1[nH]ncc1CNc1ccc(-n2cccn2)nc1. The van der Waals surface area contributed by atoms with Crippen LogP contribution in [0.15, 0.2) is 43.0 Å². The summed E-state index contributed by atoms with van der Waals surface area (Å²) in [7, 11) is 0. The molecule has 0 aliphatic heterocycles. The lowest BCUT2D eigenvalue weighted by Gasteiger charge is -2.06. The molecule has 0 unspecified atom stereocenters. The van der Waals surface area contributed by atoms with Gasteiger partial charge in [-0.15, -0.1) is 0 Å². The molecule has 0 saturated carbocycles. The van der Waals surface area contributed by atoms with Crippen LogP contribution in [0.1, 0.15) is 11.3 Å². The maximum Gasteiger partial charge on any atom is 0.153 e. The number of rotatable bonds is 4. The van der Waals surface area contributed by atoms with Crippen molar-refractivity contribution in [2.45, 2.75) is 13.5 Å². The molecule has 0 aromatic carbocycles. The van der Waals surface area contributed by atoms with Gasteiger partial charge in [0.25, 0.3) is 0 Å². The Kier molecular flexibility index (Phi) is 2.97. The van der Waals surface area contributed by atoms with E-state index < -0.39 is 0 Å². The Morgan fingerprint density at radius 3 is 2.89 bits per heavy atom. The summed E-state index contributed by atoms with van der Waals surface area (Å²) in [6.45, 7) is 2.73. The van der Waals surface area contributed by atoms with Crippen molar-refractivity contribution in [1.82, 2.24) is 25.0 Å². The van der Waals surface area contributed by atoms with E-state index in [0.717, 1.165) is 29.3 Å². The molecule has 3 aromatic heterocycles. The fraction of sp³-hybridized carbons (Fsp3) is 0.154. The van der Waals surface area contributed by atoms with Crippen LogP contribution in [0.5, 0.6) is 0 Å². The van der Waals surface area contributed by atoms with Gasteiger partial charge in [-0.25, -0.2) is 9.67 Å². The molecule has 19 heavy (non-hydrogen) atoms. The van der Waals surface area contributed by atoms with Crippen molar-refractivity contribution in [2.24, 2.45) is 0 Å². The summed E-state index contributed by atoms with van der Waals surface area (Å²) in [5, 5.41) is 14.3. The molecule has 0 aliphatic carbocycles. The molecule has 0 spiro atoms. The number of pyridine rings is 1. The molecule has 3 heterocycles. The van der Waals surface area contributed by atoms with E-state index >= 15 is 0 Å². The van der Waals surface area contributed by atoms with Gasteiger partial charge in [0, 0.05) is 30.2 Å². The molecule has 3 aromatic rings. The van der Waals surface area contributed by atoms with Crippen molar-refractivity contribution < 1.29 is 0 Å². The Hall–Kier alpha value is -2.63. The lowest BCUT2D eigenvalue weighted by atomic mass is 10.2. The highest BCUT2D eigenvalue weighted by atomic mass is 15.3. The van der Waals surface area contributed by atoms with Crippen LogP contribution in [0.3, 0.4) is 0 Å². The zero-order chi connectivity index (χ0) is 13.1. The van der Waals surface area contributed by atoms with Crippen LogP contribution in [0.25, 0.3) is 5.82 Å². The maximum atomic E-state index is 4.36. The van der Waals surface area contributed by atoms with Gasteiger partial charge < -0.3 is 5.32 Å². The third-order valence-corrected chi connectivity index (χ3v) is 2.90. The molecule has 3 rings (SSSR count). The highest BCUT2D eigenvalue weighted by Crippen LogP contribution is 2.11. The summed E-state index contributed by atoms with van der Waals surface area (Å²) in [6.07, 6.45) is 7.22. The van der Waals surface area contributed by atoms with Crippen LogP contribution in [-0.2, 0) is 6.54 Å². The topological polar surface area (TPSA) is 71.4 Å². The van der Waals surface area contributed by atoms with Crippen molar-refractivity contribution in [3.63, 3.8) is 0 Å². The molecule has 0 amide bonds. The van der Waals surface area contributed by atoms with Gasteiger partial charge in [0.2, 0.25) is 0 Å². The number of anilines is 1. The number of hydrogen-bond acceptors (Lipinski definition) is 4. The van der Waals surface area contributed by atoms with Gasteiger partial charge in [-0.1, -0.05) is 0 Å². The molecular formula is C13H14N6. The minimum atomic E-state index is 0.727. The molecule has 96 valence electrons. The minimum absolute atomic E-state index is 0.727. The molecule has 0 bridgehead atoms. The molecule has 0 fully saturated rings. The fourth-order valence-corrected chi connectivity index (χ4v) is 1.78. The predicted octanol–water partition coefficient (Wildman–Crippen LogP) is 1.91. The summed E-state index contributed by atoms with van der Waals surface area (Å²) >= 11 is 0. The van der Waals surface area contributed by atoms with E-state index in [1.165, 1.54) is 0 Å². The highest BCUT2D eigenvalue weighted by molar-refractivity contribution is 5.44. The molecule has 6 heteroatoms. The number of H-pyrrole nitrogens is 1. The van der Waals surface area contributed by atoms with Crippen LogP contribution in [0.2, 0.25) is 0 Å². The van der Waals surface area contributed by atoms with Crippen molar-refractivity contribution in [3.8, 4) is 5.82 Å². The molecule has 0 aliphatic rings. The number of aryl methyl sites for hydroxylation is 1. The van der Waals surface area contributed by atoms with Gasteiger partial charge in [-0.3, -0.25) is 5.10 Å². The summed E-state index contributed by atoms with van der Waals surface area (Å²) < 4.78 is 1.73. The van der Waals surface area contributed by atoms with Crippen molar-refractivity contribution >= 4 is 5.69 Å². The Balaban J connectivity index is 1.68. The second kappa shape index (κ2) is 4.93. The van der Waals surface area contributed by atoms with Crippen molar-refractivity contribution in [2.75, 3.05) is 5.32 Å². The van der Waals surface area contributed by atoms with E-state index in [0.29, 0.717) is 0 Å². The normalized spacial score (nSPS) is 10.6. The molecular weight excluding hydrogens is 240 g/mol. The van der Waals surface area contributed by atoms with Crippen LogP contribution < -0.4 is 5.32 Å². The van der Waals surface area contributed by atoms with Gasteiger partial charge in [0.1, 0.15) is 0 Å². The zero-order valence-electron chi connectivity index (χ0n) is 10.5. The van der Waals surface area contributed by atoms with Gasteiger partial charge in [-0.05, 0) is 25.1 Å². The average molecular weight is 254 g/mol. The lowest BCUT2D eigenvalue weighted by Crippen LogP contribution is -2.02. The van der Waals surface area contributed by atoms with E-state index in [9.17, 15) is 0 Å². The quantitative estimate of drug-likeness (QED) is 0.746. The second-order valence-corrected chi connectivity index (χ2v) is 4.23. The Morgan fingerprint density at radius 1 is 1.32 bits per heavy atom. The van der Waals surface area contributed by atoms with Crippen LogP contribution in [0.4, 0.5) is 5.69 Å². The zero-order valence-corrected chi connectivity index (χ0v) is 10.5. The fourth-order valence-electron chi connectivity index (χ4n) is 1.78. The summed E-state index contributed by atoms with van der Waals surface area (Å²) in [6, 6.07) is 5.78. The van der Waals surface area contributed by atoms with Crippen LogP contribution in [-0.4, -0.2) is 25.0 Å². The molecule has 2 N–H and O–H groups in total. The van der Waals surface area contributed by atoms with Crippen molar-refractivity contribution in [3.05, 3.63) is 54.2 Å². The molecule has 0 saturated heterocycles.